The van der Waals surface area contributed by atoms with E-state index >= 15 is 0 Å². The Morgan fingerprint density at radius 2 is 1.85 bits per heavy atom. The van der Waals surface area contributed by atoms with Crippen molar-refractivity contribution in [3.8, 4) is 5.75 Å². The lowest BCUT2D eigenvalue weighted by Crippen LogP contribution is -2.47. The number of aryl methyl sites for hydroxylation is 1. The fourth-order valence-electron chi connectivity index (χ4n) is 5.12. The first kappa shape index (κ1) is 26.0. The third-order valence-corrected chi connectivity index (χ3v) is 6.76. The molecular formula is C26H40N4O4. The number of nitrogens with one attached hydrogen (secondary N) is 1. The fraction of sp³-hybridized carbons (Fsp3) is 0.654. The highest BCUT2D eigenvalue weighted by Gasteiger charge is 2.39. The summed E-state index contributed by atoms with van der Waals surface area (Å²) in [5.41, 5.74) is 1.75. The van der Waals surface area contributed by atoms with E-state index in [2.05, 4.69) is 24.1 Å². The molecule has 1 N–H and O–H groups in total. The van der Waals surface area contributed by atoms with Crippen LogP contribution in [0.25, 0.3) is 0 Å². The van der Waals surface area contributed by atoms with Crippen LogP contribution in [0, 0.1) is 24.2 Å². The molecule has 1 unspecified atom stereocenters. The molecule has 8 nitrogen and oxygen atoms in total. The van der Waals surface area contributed by atoms with Crippen molar-refractivity contribution in [1.82, 2.24) is 15.1 Å². The highest BCUT2D eigenvalue weighted by atomic mass is 16.5. The van der Waals surface area contributed by atoms with E-state index in [9.17, 15) is 14.4 Å². The highest BCUT2D eigenvalue weighted by molar-refractivity contribution is 6.01. The van der Waals surface area contributed by atoms with Crippen molar-refractivity contribution in [2.75, 3.05) is 58.8 Å². The third-order valence-electron chi connectivity index (χ3n) is 6.76. The van der Waals surface area contributed by atoms with E-state index in [0.29, 0.717) is 44.8 Å². The minimum Gasteiger partial charge on any atom is -0.495 e. The second-order valence-electron chi connectivity index (χ2n) is 10.8. The SMILES string of the molecule is COc1ccc(C)cc1N1CC(C(=O)N2CCC(C(=O)NCC(C)(C)CN(C)C)CC2)CC1=O. The molecule has 1 atom stereocenters. The van der Waals surface area contributed by atoms with Gasteiger partial charge in [0.2, 0.25) is 17.7 Å². The normalized spacial score (nSPS) is 19.6. The Bertz CT molecular complexity index is 906. The fourth-order valence-corrected chi connectivity index (χ4v) is 5.12. The van der Waals surface area contributed by atoms with Gasteiger partial charge in [0, 0.05) is 45.1 Å². The van der Waals surface area contributed by atoms with Crippen LogP contribution in [0.3, 0.4) is 0 Å². The number of carbonyl (C=O) groups is 3. The molecular weight excluding hydrogens is 432 g/mol. The molecule has 8 heteroatoms. The van der Waals surface area contributed by atoms with E-state index in [4.69, 9.17) is 4.74 Å². The number of piperidine rings is 1. The smallest absolute Gasteiger partial charge is 0.228 e. The van der Waals surface area contributed by atoms with Gasteiger partial charge in [0.05, 0.1) is 18.7 Å². The Morgan fingerprint density at radius 3 is 2.47 bits per heavy atom. The number of rotatable bonds is 8. The minimum atomic E-state index is -0.366. The summed E-state index contributed by atoms with van der Waals surface area (Å²) in [6.45, 7) is 9.25. The first-order chi connectivity index (χ1) is 16.0. The number of anilines is 1. The molecule has 2 fully saturated rings. The maximum atomic E-state index is 13.2. The molecule has 0 spiro atoms. The molecule has 0 bridgehead atoms. The van der Waals surface area contributed by atoms with Crippen LogP contribution in [0.15, 0.2) is 18.2 Å². The maximum Gasteiger partial charge on any atom is 0.228 e. The second kappa shape index (κ2) is 10.8. The zero-order valence-corrected chi connectivity index (χ0v) is 21.5. The van der Waals surface area contributed by atoms with Crippen LogP contribution in [-0.2, 0) is 14.4 Å². The van der Waals surface area contributed by atoms with Gasteiger partial charge in [-0.25, -0.2) is 0 Å². The summed E-state index contributed by atoms with van der Waals surface area (Å²) in [6, 6.07) is 5.72. The van der Waals surface area contributed by atoms with Crippen LogP contribution >= 0.6 is 0 Å². The summed E-state index contributed by atoms with van der Waals surface area (Å²) < 4.78 is 5.44. The molecule has 0 saturated carbocycles. The molecule has 1 aromatic rings. The van der Waals surface area contributed by atoms with Gasteiger partial charge in [-0.05, 0) is 57.0 Å². The van der Waals surface area contributed by atoms with Crippen LogP contribution in [0.5, 0.6) is 5.75 Å². The Hall–Kier alpha value is -2.61. The lowest BCUT2D eigenvalue weighted by molar-refractivity contribution is -0.139. The molecule has 0 aromatic heterocycles. The quantitative estimate of drug-likeness (QED) is 0.628. The Balaban J connectivity index is 1.52. The summed E-state index contributed by atoms with van der Waals surface area (Å²) in [7, 11) is 5.65. The number of amides is 3. The van der Waals surface area contributed by atoms with Gasteiger partial charge < -0.3 is 24.8 Å². The van der Waals surface area contributed by atoms with Crippen molar-refractivity contribution in [2.45, 2.75) is 40.0 Å². The topological polar surface area (TPSA) is 82.2 Å². The van der Waals surface area contributed by atoms with E-state index in [-0.39, 0.29) is 41.4 Å². The van der Waals surface area contributed by atoms with Crippen molar-refractivity contribution < 1.29 is 19.1 Å². The predicted molar refractivity (Wildman–Crippen MR) is 133 cm³/mol. The molecule has 1 aromatic carbocycles. The first-order valence-corrected chi connectivity index (χ1v) is 12.2. The summed E-state index contributed by atoms with van der Waals surface area (Å²) in [4.78, 5) is 44.3. The first-order valence-electron chi connectivity index (χ1n) is 12.2. The standard InChI is InChI=1S/C26H40N4O4/c1-18-7-8-22(34-6)21(13-18)30-15-20(14-23(30)31)25(33)29-11-9-19(10-12-29)24(32)27-16-26(2,3)17-28(4)5/h7-8,13,19-20H,9-12,14-17H2,1-6H3,(H,27,32). The molecule has 2 saturated heterocycles. The summed E-state index contributed by atoms with van der Waals surface area (Å²) >= 11 is 0. The average Bonchev–Trinajstić information content (AvgIpc) is 3.17. The Morgan fingerprint density at radius 1 is 1.18 bits per heavy atom. The van der Waals surface area contributed by atoms with E-state index < -0.39 is 0 Å². The molecule has 0 aliphatic carbocycles. The molecule has 188 valence electrons. The van der Waals surface area contributed by atoms with Crippen molar-refractivity contribution in [2.24, 2.45) is 17.3 Å². The van der Waals surface area contributed by atoms with Gasteiger partial charge in [0.25, 0.3) is 0 Å². The number of hydrogen-bond donors (Lipinski definition) is 1. The van der Waals surface area contributed by atoms with E-state index in [1.165, 1.54) is 0 Å². The van der Waals surface area contributed by atoms with Gasteiger partial charge in [-0.1, -0.05) is 19.9 Å². The number of hydrogen-bond acceptors (Lipinski definition) is 5. The van der Waals surface area contributed by atoms with Gasteiger partial charge in [0.15, 0.2) is 0 Å². The van der Waals surface area contributed by atoms with E-state index in [1.807, 2.05) is 44.1 Å². The Labute approximate surface area is 203 Å². The molecule has 2 heterocycles. The zero-order valence-electron chi connectivity index (χ0n) is 21.5. The predicted octanol–water partition coefficient (Wildman–Crippen LogP) is 2.30. The Kier molecular flexibility index (Phi) is 8.23. The molecule has 2 aliphatic heterocycles. The number of methoxy groups -OCH3 is 1. The number of likely N-dealkylation sites (tertiary alicyclic amines) is 1. The summed E-state index contributed by atoms with van der Waals surface area (Å²) in [5, 5.41) is 3.11. The minimum absolute atomic E-state index is 0.00329. The summed E-state index contributed by atoms with van der Waals surface area (Å²) in [5.74, 6) is 0.220. The van der Waals surface area contributed by atoms with Crippen LogP contribution in [-0.4, -0.2) is 81.5 Å². The van der Waals surface area contributed by atoms with Crippen LogP contribution in [0.2, 0.25) is 0 Å². The van der Waals surface area contributed by atoms with Crippen LogP contribution in [0.1, 0.15) is 38.7 Å². The second-order valence-corrected chi connectivity index (χ2v) is 10.8. The van der Waals surface area contributed by atoms with Gasteiger partial charge >= 0.3 is 0 Å². The van der Waals surface area contributed by atoms with Gasteiger partial charge in [-0.2, -0.15) is 0 Å². The molecule has 34 heavy (non-hydrogen) atoms. The van der Waals surface area contributed by atoms with Gasteiger partial charge in [0.1, 0.15) is 5.75 Å². The van der Waals surface area contributed by atoms with Crippen molar-refractivity contribution >= 4 is 23.4 Å². The largest absolute Gasteiger partial charge is 0.495 e. The number of benzene rings is 1. The van der Waals surface area contributed by atoms with Gasteiger partial charge in [-0.15, -0.1) is 0 Å². The number of nitrogens with zero attached hydrogens (tertiary/aromatic N) is 3. The highest BCUT2D eigenvalue weighted by Crippen LogP contribution is 2.34. The van der Waals surface area contributed by atoms with Crippen molar-refractivity contribution in [3.63, 3.8) is 0 Å². The lowest BCUT2D eigenvalue weighted by Gasteiger charge is -2.34. The zero-order chi connectivity index (χ0) is 25.0. The van der Waals surface area contributed by atoms with Crippen LogP contribution in [0.4, 0.5) is 5.69 Å². The molecule has 3 amide bonds. The number of ether oxygens (including phenoxy) is 1. The third kappa shape index (κ3) is 6.29. The average molecular weight is 473 g/mol. The maximum absolute atomic E-state index is 13.2. The molecule has 0 radical (unpaired) electrons. The van der Waals surface area contributed by atoms with E-state index in [1.54, 1.807) is 12.0 Å². The monoisotopic (exact) mass is 472 g/mol. The number of carbonyl (C=O) groups excluding carboxylic acids is 3. The van der Waals surface area contributed by atoms with E-state index in [0.717, 1.165) is 17.8 Å². The van der Waals surface area contributed by atoms with Gasteiger partial charge in [-0.3, -0.25) is 14.4 Å². The van der Waals surface area contributed by atoms with Crippen molar-refractivity contribution in [3.05, 3.63) is 23.8 Å². The molecule has 2 aliphatic rings. The molecule has 3 rings (SSSR count). The lowest BCUT2D eigenvalue weighted by atomic mass is 9.91. The van der Waals surface area contributed by atoms with Crippen molar-refractivity contribution in [1.29, 1.82) is 0 Å². The summed E-state index contributed by atoms with van der Waals surface area (Å²) in [6.07, 6.45) is 1.51. The van der Waals surface area contributed by atoms with Crippen LogP contribution < -0.4 is 15.0 Å².